The maximum absolute atomic E-state index is 13.6. The SMILES string of the molecule is CC(C)(C)OC(=O)[C@H](CC(N)=O)NC(=O)C1(NC(=O)[C@H](NC(=O)CCN)c2ccccc2)CCCCC1. The van der Waals surface area contributed by atoms with Gasteiger partial charge < -0.3 is 32.2 Å². The van der Waals surface area contributed by atoms with Crippen LogP contribution in [0.3, 0.4) is 0 Å². The van der Waals surface area contributed by atoms with Crippen molar-refractivity contribution < 1.29 is 28.7 Å². The van der Waals surface area contributed by atoms with Crippen LogP contribution in [0.4, 0.5) is 0 Å². The normalized spacial score (nSPS) is 16.5. The highest BCUT2D eigenvalue weighted by Crippen LogP contribution is 2.30. The molecule has 0 saturated heterocycles. The third-order valence-corrected chi connectivity index (χ3v) is 5.98. The van der Waals surface area contributed by atoms with Gasteiger partial charge in [0.15, 0.2) is 0 Å². The Hall–Kier alpha value is -3.47. The highest BCUT2D eigenvalue weighted by molar-refractivity contribution is 5.97. The molecule has 1 aliphatic rings. The number of carbonyl (C=O) groups is 5. The zero-order valence-corrected chi connectivity index (χ0v) is 21.8. The Balaban J connectivity index is 2.32. The van der Waals surface area contributed by atoms with Crippen molar-refractivity contribution in [2.75, 3.05) is 6.54 Å². The molecule has 2 atom stereocenters. The number of hydrogen-bond donors (Lipinski definition) is 5. The molecule has 0 heterocycles. The van der Waals surface area contributed by atoms with Crippen LogP contribution in [-0.2, 0) is 28.7 Å². The van der Waals surface area contributed by atoms with E-state index >= 15 is 0 Å². The van der Waals surface area contributed by atoms with Gasteiger partial charge in [-0.05, 0) is 39.2 Å². The van der Waals surface area contributed by atoms with E-state index < -0.39 is 59.2 Å². The monoisotopic (exact) mass is 517 g/mol. The maximum Gasteiger partial charge on any atom is 0.329 e. The highest BCUT2D eigenvalue weighted by atomic mass is 16.6. The number of benzene rings is 1. The molecule has 1 aromatic rings. The number of nitrogens with two attached hydrogens (primary N) is 2. The van der Waals surface area contributed by atoms with Crippen LogP contribution in [0, 0.1) is 0 Å². The molecular weight excluding hydrogens is 478 g/mol. The third kappa shape index (κ3) is 9.16. The first-order valence-electron chi connectivity index (χ1n) is 12.6. The second kappa shape index (κ2) is 13.2. The lowest BCUT2D eigenvalue weighted by Gasteiger charge is -2.38. The molecule has 204 valence electrons. The van der Waals surface area contributed by atoms with Crippen molar-refractivity contribution >= 4 is 29.6 Å². The molecule has 0 unspecified atom stereocenters. The molecular formula is C26H39N5O6. The molecule has 0 aromatic heterocycles. The molecule has 37 heavy (non-hydrogen) atoms. The summed E-state index contributed by atoms with van der Waals surface area (Å²) in [6.07, 6.45) is 2.42. The van der Waals surface area contributed by atoms with Crippen LogP contribution in [0.1, 0.15) is 77.3 Å². The Bertz CT molecular complexity index is 969. The van der Waals surface area contributed by atoms with Crippen LogP contribution in [0.25, 0.3) is 0 Å². The minimum Gasteiger partial charge on any atom is -0.458 e. The Labute approximate surface area is 217 Å². The van der Waals surface area contributed by atoms with Gasteiger partial charge in [0, 0.05) is 13.0 Å². The predicted molar refractivity (Wildman–Crippen MR) is 137 cm³/mol. The van der Waals surface area contributed by atoms with E-state index in [1.807, 2.05) is 0 Å². The van der Waals surface area contributed by atoms with E-state index in [4.69, 9.17) is 16.2 Å². The van der Waals surface area contributed by atoms with E-state index in [2.05, 4.69) is 16.0 Å². The Morgan fingerprint density at radius 1 is 1.00 bits per heavy atom. The Kier molecular flexibility index (Phi) is 10.6. The second-order valence-electron chi connectivity index (χ2n) is 10.3. The Morgan fingerprint density at radius 3 is 2.16 bits per heavy atom. The van der Waals surface area contributed by atoms with E-state index in [1.165, 1.54) is 0 Å². The number of esters is 1. The molecule has 1 fully saturated rings. The molecule has 7 N–H and O–H groups in total. The topological polar surface area (TPSA) is 183 Å². The van der Waals surface area contributed by atoms with Crippen molar-refractivity contribution in [3.8, 4) is 0 Å². The molecule has 0 radical (unpaired) electrons. The summed E-state index contributed by atoms with van der Waals surface area (Å²) in [4.78, 5) is 63.9. The van der Waals surface area contributed by atoms with Crippen LogP contribution in [0.2, 0.25) is 0 Å². The quantitative estimate of drug-likeness (QED) is 0.268. The summed E-state index contributed by atoms with van der Waals surface area (Å²) in [5.74, 6) is -3.17. The number of ether oxygens (including phenoxy) is 1. The van der Waals surface area contributed by atoms with Gasteiger partial charge in [0.05, 0.1) is 6.42 Å². The molecule has 2 rings (SSSR count). The van der Waals surface area contributed by atoms with Crippen molar-refractivity contribution in [3.63, 3.8) is 0 Å². The van der Waals surface area contributed by atoms with E-state index in [0.717, 1.165) is 6.42 Å². The fraction of sp³-hybridized carbons (Fsp3) is 0.577. The van der Waals surface area contributed by atoms with Crippen molar-refractivity contribution in [1.29, 1.82) is 0 Å². The molecule has 1 aromatic carbocycles. The molecule has 0 bridgehead atoms. The van der Waals surface area contributed by atoms with E-state index in [0.29, 0.717) is 31.2 Å². The lowest BCUT2D eigenvalue weighted by atomic mass is 9.80. The van der Waals surface area contributed by atoms with Crippen molar-refractivity contribution in [3.05, 3.63) is 35.9 Å². The molecule has 0 spiro atoms. The zero-order chi connectivity index (χ0) is 27.6. The smallest absolute Gasteiger partial charge is 0.329 e. The summed E-state index contributed by atoms with van der Waals surface area (Å²) in [7, 11) is 0. The van der Waals surface area contributed by atoms with Gasteiger partial charge >= 0.3 is 5.97 Å². The number of nitrogens with one attached hydrogen (secondary N) is 3. The van der Waals surface area contributed by atoms with Gasteiger partial charge in [-0.3, -0.25) is 19.2 Å². The largest absolute Gasteiger partial charge is 0.458 e. The summed E-state index contributed by atoms with van der Waals surface area (Å²) in [5, 5.41) is 8.14. The molecule has 11 nitrogen and oxygen atoms in total. The highest BCUT2D eigenvalue weighted by Gasteiger charge is 2.44. The van der Waals surface area contributed by atoms with Gasteiger partial charge in [-0.15, -0.1) is 0 Å². The third-order valence-electron chi connectivity index (χ3n) is 5.98. The average Bonchev–Trinajstić information content (AvgIpc) is 2.82. The van der Waals surface area contributed by atoms with Crippen molar-refractivity contribution in [2.45, 2.75) is 88.9 Å². The summed E-state index contributed by atoms with van der Waals surface area (Å²) in [6, 6.07) is 6.30. The fourth-order valence-corrected chi connectivity index (χ4v) is 4.25. The van der Waals surface area contributed by atoms with Gasteiger partial charge in [0.25, 0.3) is 0 Å². The van der Waals surface area contributed by atoms with Crippen molar-refractivity contribution in [2.24, 2.45) is 11.5 Å². The number of rotatable bonds is 11. The number of carbonyl (C=O) groups excluding carboxylic acids is 5. The molecule has 4 amide bonds. The first kappa shape index (κ1) is 29.8. The second-order valence-corrected chi connectivity index (χ2v) is 10.3. The summed E-state index contributed by atoms with van der Waals surface area (Å²) < 4.78 is 5.36. The summed E-state index contributed by atoms with van der Waals surface area (Å²) in [5.41, 5.74) is 9.15. The van der Waals surface area contributed by atoms with Gasteiger partial charge in [-0.2, -0.15) is 0 Å². The standard InChI is InChI=1S/C26H39N5O6/c1-25(2,3)37-23(35)18(16-19(28)32)29-24(36)26(13-8-5-9-14-26)31-22(34)21(30-20(33)12-15-27)17-10-6-4-7-11-17/h4,6-7,10-11,18,21H,5,8-9,12-16,27H2,1-3H3,(H2,28,32)(H,29,36)(H,30,33)(H,31,34)/t18-,21+/m0/s1. The van der Waals surface area contributed by atoms with Crippen LogP contribution in [0.5, 0.6) is 0 Å². The number of amides is 4. The molecule has 0 aliphatic heterocycles. The van der Waals surface area contributed by atoms with Gasteiger partial charge in [-0.25, -0.2) is 4.79 Å². The van der Waals surface area contributed by atoms with Crippen LogP contribution >= 0.6 is 0 Å². The van der Waals surface area contributed by atoms with Crippen molar-refractivity contribution in [1.82, 2.24) is 16.0 Å². The lowest BCUT2D eigenvalue weighted by Crippen LogP contribution is -2.63. The number of primary amides is 1. The van der Waals surface area contributed by atoms with E-state index in [1.54, 1.807) is 51.1 Å². The fourth-order valence-electron chi connectivity index (χ4n) is 4.25. The predicted octanol–water partition coefficient (Wildman–Crippen LogP) is 0.714. The maximum atomic E-state index is 13.6. The molecule has 1 aliphatic carbocycles. The summed E-state index contributed by atoms with van der Waals surface area (Å²) in [6.45, 7) is 5.12. The van der Waals surface area contributed by atoms with Gasteiger partial charge in [0.2, 0.25) is 23.6 Å². The average molecular weight is 518 g/mol. The minimum atomic E-state index is -1.35. The van der Waals surface area contributed by atoms with Crippen LogP contribution < -0.4 is 27.4 Å². The van der Waals surface area contributed by atoms with Crippen LogP contribution in [-0.4, -0.2) is 53.3 Å². The van der Waals surface area contributed by atoms with Gasteiger partial charge in [-0.1, -0.05) is 49.6 Å². The molecule has 1 saturated carbocycles. The van der Waals surface area contributed by atoms with E-state index in [-0.39, 0.29) is 13.0 Å². The summed E-state index contributed by atoms with van der Waals surface area (Å²) >= 11 is 0. The lowest BCUT2D eigenvalue weighted by molar-refractivity contribution is -0.160. The Morgan fingerprint density at radius 2 is 1.62 bits per heavy atom. The first-order valence-corrected chi connectivity index (χ1v) is 12.6. The van der Waals surface area contributed by atoms with E-state index in [9.17, 15) is 24.0 Å². The van der Waals surface area contributed by atoms with Crippen LogP contribution in [0.15, 0.2) is 30.3 Å². The zero-order valence-electron chi connectivity index (χ0n) is 21.8. The first-order chi connectivity index (χ1) is 17.4. The van der Waals surface area contributed by atoms with Gasteiger partial charge in [0.1, 0.15) is 23.2 Å². The molecule has 11 heteroatoms. The number of hydrogen-bond acceptors (Lipinski definition) is 7. The minimum absolute atomic E-state index is 0.0347.